The Morgan fingerprint density at radius 2 is 1.86 bits per heavy atom. The molecule has 3 heteroatoms. The van der Waals surface area contributed by atoms with Crippen LogP contribution in [-0.4, -0.2) is 5.11 Å². The normalized spacial score (nSPS) is 11.9. The van der Waals surface area contributed by atoms with Crippen molar-refractivity contribution in [1.82, 2.24) is 0 Å². The minimum Gasteiger partial charge on any atom is -0.507 e. The minimum absolute atomic E-state index is 0.280. The van der Waals surface area contributed by atoms with Gasteiger partial charge in [0.15, 0.2) is 0 Å². The van der Waals surface area contributed by atoms with Crippen molar-refractivity contribution >= 4 is 11.6 Å². The van der Waals surface area contributed by atoms with Crippen LogP contribution in [0.15, 0.2) is 6.07 Å². The monoisotopic (exact) mass is 213 g/mol. The van der Waals surface area contributed by atoms with Gasteiger partial charge in [-0.05, 0) is 50.5 Å². The Hall–Kier alpha value is -0.730. The van der Waals surface area contributed by atoms with Crippen LogP contribution in [0.5, 0.6) is 5.75 Å². The number of benzene rings is 1. The molecule has 0 amide bonds. The van der Waals surface area contributed by atoms with Crippen molar-refractivity contribution in [3.63, 3.8) is 0 Å². The molecule has 0 aliphatic carbocycles. The third-order valence-corrected chi connectivity index (χ3v) is 2.63. The predicted molar refractivity (Wildman–Crippen MR) is 59.8 cm³/mol. The second-order valence-electron chi connectivity index (χ2n) is 4.25. The molecule has 0 spiro atoms. The molecular weight excluding hydrogens is 198 g/mol. The highest BCUT2D eigenvalue weighted by atomic mass is 35.5. The van der Waals surface area contributed by atoms with Crippen LogP contribution in [0.2, 0.25) is 5.02 Å². The fraction of sp³-hybridized carbons (Fsp3) is 0.455. The van der Waals surface area contributed by atoms with E-state index in [0.29, 0.717) is 5.02 Å². The lowest BCUT2D eigenvalue weighted by atomic mass is 9.89. The van der Waals surface area contributed by atoms with Gasteiger partial charge in [0.05, 0.1) is 0 Å². The van der Waals surface area contributed by atoms with Gasteiger partial charge in [-0.15, -0.1) is 0 Å². The summed E-state index contributed by atoms with van der Waals surface area (Å²) in [5, 5.41) is 10.4. The number of nitrogens with two attached hydrogens (primary N) is 1. The summed E-state index contributed by atoms with van der Waals surface area (Å²) in [6, 6.07) is 1.74. The Labute approximate surface area is 89.7 Å². The minimum atomic E-state index is -0.535. The summed E-state index contributed by atoms with van der Waals surface area (Å²) in [5.74, 6) is 0.280. The molecular formula is C11H16ClNO. The molecule has 0 fully saturated rings. The average Bonchev–Trinajstić information content (AvgIpc) is 1.97. The molecule has 2 nitrogen and oxygen atoms in total. The van der Waals surface area contributed by atoms with Gasteiger partial charge < -0.3 is 10.8 Å². The van der Waals surface area contributed by atoms with E-state index in [9.17, 15) is 5.11 Å². The van der Waals surface area contributed by atoms with Crippen LogP contribution in [0.3, 0.4) is 0 Å². The van der Waals surface area contributed by atoms with Gasteiger partial charge in [-0.2, -0.15) is 0 Å². The number of phenolic OH excluding ortho intramolecular Hbond substituents is 1. The van der Waals surface area contributed by atoms with Crippen LogP contribution in [0, 0.1) is 13.8 Å². The van der Waals surface area contributed by atoms with Gasteiger partial charge in [-0.25, -0.2) is 0 Å². The van der Waals surface area contributed by atoms with Crippen molar-refractivity contribution in [1.29, 1.82) is 0 Å². The molecule has 0 unspecified atom stereocenters. The summed E-state index contributed by atoms with van der Waals surface area (Å²) in [5.41, 5.74) is 7.80. The summed E-state index contributed by atoms with van der Waals surface area (Å²) < 4.78 is 0. The molecule has 14 heavy (non-hydrogen) atoms. The van der Waals surface area contributed by atoms with Crippen molar-refractivity contribution in [2.75, 3.05) is 0 Å². The number of halogens is 1. The van der Waals surface area contributed by atoms with Crippen molar-refractivity contribution in [3.8, 4) is 5.75 Å². The van der Waals surface area contributed by atoms with E-state index >= 15 is 0 Å². The fourth-order valence-corrected chi connectivity index (χ4v) is 2.26. The molecule has 0 heterocycles. The summed E-state index contributed by atoms with van der Waals surface area (Å²) in [4.78, 5) is 0. The molecule has 0 saturated carbocycles. The van der Waals surface area contributed by atoms with Crippen LogP contribution >= 0.6 is 11.6 Å². The van der Waals surface area contributed by atoms with Crippen LogP contribution < -0.4 is 5.73 Å². The van der Waals surface area contributed by atoms with Gasteiger partial charge in [-0.3, -0.25) is 0 Å². The van der Waals surface area contributed by atoms with Crippen molar-refractivity contribution in [2.24, 2.45) is 5.73 Å². The summed E-state index contributed by atoms with van der Waals surface area (Å²) in [7, 11) is 0. The third-order valence-electron chi connectivity index (χ3n) is 2.33. The van der Waals surface area contributed by atoms with E-state index in [0.717, 1.165) is 16.7 Å². The van der Waals surface area contributed by atoms with Crippen LogP contribution in [0.25, 0.3) is 0 Å². The Balaban J connectivity index is 3.53. The van der Waals surface area contributed by atoms with Gasteiger partial charge in [-0.1, -0.05) is 11.6 Å². The van der Waals surface area contributed by atoms with E-state index in [1.807, 2.05) is 27.7 Å². The zero-order valence-corrected chi connectivity index (χ0v) is 9.74. The second-order valence-corrected chi connectivity index (χ2v) is 4.65. The number of hydrogen-bond donors (Lipinski definition) is 2. The highest BCUT2D eigenvalue weighted by Gasteiger charge is 2.22. The quantitative estimate of drug-likeness (QED) is 0.754. The van der Waals surface area contributed by atoms with Gasteiger partial charge in [0.25, 0.3) is 0 Å². The molecule has 0 aromatic heterocycles. The Kier molecular flexibility index (Phi) is 2.79. The first-order chi connectivity index (χ1) is 6.25. The first-order valence-corrected chi connectivity index (χ1v) is 4.91. The lowest BCUT2D eigenvalue weighted by Crippen LogP contribution is -2.30. The zero-order chi connectivity index (χ0) is 11.1. The highest BCUT2D eigenvalue weighted by molar-refractivity contribution is 6.31. The number of rotatable bonds is 1. The highest BCUT2D eigenvalue weighted by Crippen LogP contribution is 2.36. The molecule has 0 saturated heterocycles. The SMILES string of the molecule is Cc1cc(Cl)c(C(C)(C)N)c(C)c1O. The van der Waals surface area contributed by atoms with E-state index in [4.69, 9.17) is 17.3 Å². The topological polar surface area (TPSA) is 46.2 Å². The van der Waals surface area contributed by atoms with E-state index < -0.39 is 5.54 Å². The van der Waals surface area contributed by atoms with Crippen molar-refractivity contribution in [3.05, 3.63) is 27.8 Å². The molecule has 78 valence electrons. The van der Waals surface area contributed by atoms with Crippen LogP contribution in [-0.2, 0) is 5.54 Å². The molecule has 0 bridgehead atoms. The van der Waals surface area contributed by atoms with E-state index in [1.54, 1.807) is 6.07 Å². The standard InChI is InChI=1S/C11H16ClNO/c1-6-5-8(12)9(11(3,4)13)7(2)10(6)14/h5,14H,13H2,1-4H3. The molecule has 0 radical (unpaired) electrons. The number of aryl methyl sites for hydroxylation is 1. The van der Waals surface area contributed by atoms with E-state index in [2.05, 4.69) is 0 Å². The average molecular weight is 214 g/mol. The molecule has 1 aromatic rings. The molecule has 1 aromatic carbocycles. The van der Waals surface area contributed by atoms with Gasteiger partial charge in [0, 0.05) is 10.6 Å². The van der Waals surface area contributed by atoms with Gasteiger partial charge >= 0.3 is 0 Å². The number of phenols is 1. The first kappa shape index (κ1) is 11.3. The van der Waals surface area contributed by atoms with Gasteiger partial charge in [0.2, 0.25) is 0 Å². The maximum absolute atomic E-state index is 9.76. The Morgan fingerprint density at radius 3 is 2.29 bits per heavy atom. The maximum Gasteiger partial charge on any atom is 0.121 e. The molecule has 0 atom stereocenters. The van der Waals surface area contributed by atoms with Crippen molar-refractivity contribution in [2.45, 2.75) is 33.2 Å². The Morgan fingerprint density at radius 1 is 1.36 bits per heavy atom. The zero-order valence-electron chi connectivity index (χ0n) is 8.98. The lowest BCUT2D eigenvalue weighted by Gasteiger charge is -2.24. The van der Waals surface area contributed by atoms with E-state index in [1.165, 1.54) is 0 Å². The number of aromatic hydroxyl groups is 1. The maximum atomic E-state index is 9.76. The molecule has 3 N–H and O–H groups in total. The van der Waals surface area contributed by atoms with E-state index in [-0.39, 0.29) is 5.75 Å². The van der Waals surface area contributed by atoms with Crippen LogP contribution in [0.1, 0.15) is 30.5 Å². The lowest BCUT2D eigenvalue weighted by molar-refractivity contribution is 0.459. The smallest absolute Gasteiger partial charge is 0.121 e. The largest absolute Gasteiger partial charge is 0.507 e. The van der Waals surface area contributed by atoms with Gasteiger partial charge in [0.1, 0.15) is 5.75 Å². The third kappa shape index (κ3) is 1.86. The predicted octanol–water partition coefficient (Wildman–Crippen LogP) is 2.86. The number of hydrogen-bond acceptors (Lipinski definition) is 2. The fourth-order valence-electron chi connectivity index (χ4n) is 1.71. The first-order valence-electron chi connectivity index (χ1n) is 4.53. The van der Waals surface area contributed by atoms with Crippen LogP contribution in [0.4, 0.5) is 0 Å². The summed E-state index contributed by atoms with van der Waals surface area (Å²) in [6.07, 6.45) is 0. The summed E-state index contributed by atoms with van der Waals surface area (Å²) >= 11 is 6.10. The second kappa shape index (κ2) is 3.44. The molecule has 0 aliphatic heterocycles. The molecule has 1 rings (SSSR count). The van der Waals surface area contributed by atoms with Crippen molar-refractivity contribution < 1.29 is 5.11 Å². The summed E-state index contributed by atoms with van der Waals surface area (Å²) in [6.45, 7) is 7.39. The Bertz CT molecular complexity index is 367. The molecule has 0 aliphatic rings.